The van der Waals surface area contributed by atoms with Gasteiger partial charge in [0.2, 0.25) is 5.89 Å². The maximum atomic E-state index is 14.8. The van der Waals surface area contributed by atoms with Gasteiger partial charge in [-0.15, -0.1) is 11.3 Å². The summed E-state index contributed by atoms with van der Waals surface area (Å²) in [7, 11) is -2.82. The van der Waals surface area contributed by atoms with Gasteiger partial charge in [-0.3, -0.25) is 9.36 Å². The van der Waals surface area contributed by atoms with Crippen LogP contribution in [0.4, 0.5) is 4.79 Å². The minimum Gasteiger partial charge on any atom is -0.458 e. The van der Waals surface area contributed by atoms with Crippen molar-refractivity contribution in [2.75, 3.05) is 13.1 Å². The molecule has 1 amide bonds. The number of nitrogens with zero attached hydrogens (tertiary/aromatic N) is 4. The number of oxazole rings is 1. The fraction of sp³-hybridized carbons (Fsp3) is 0.396. The minimum absolute atomic E-state index is 0.101. The fourth-order valence-electron chi connectivity index (χ4n) is 8.37. The van der Waals surface area contributed by atoms with Crippen LogP contribution < -0.4 is 21.6 Å². The summed E-state index contributed by atoms with van der Waals surface area (Å²) in [4.78, 5) is 64.2. The number of rotatable bonds is 11. The third kappa shape index (κ3) is 8.60. The molecule has 3 aromatic heterocycles. The van der Waals surface area contributed by atoms with Crippen LogP contribution in [0.25, 0.3) is 21.0 Å². The van der Waals surface area contributed by atoms with Crippen molar-refractivity contribution in [3.8, 4) is 10.8 Å². The van der Waals surface area contributed by atoms with Gasteiger partial charge in [-0.2, -0.15) is 0 Å². The summed E-state index contributed by atoms with van der Waals surface area (Å²) in [6, 6.07) is 30.3. The second kappa shape index (κ2) is 17.3. The third-order valence-corrected chi connectivity index (χ3v) is 17.9. The highest BCUT2D eigenvalue weighted by atomic mass is 32.1. The Morgan fingerprint density at radius 2 is 1.42 bits per heavy atom. The Morgan fingerprint density at radius 1 is 0.855 bits per heavy atom. The smallest absolute Gasteiger partial charge is 0.410 e. The Kier molecular flexibility index (Phi) is 12.4. The van der Waals surface area contributed by atoms with Crippen LogP contribution in [-0.2, 0) is 30.8 Å². The van der Waals surface area contributed by atoms with Crippen molar-refractivity contribution in [3.63, 3.8) is 0 Å². The molecule has 1 atom stereocenters. The summed E-state index contributed by atoms with van der Waals surface area (Å²) in [6.07, 6.45) is 2.57. The van der Waals surface area contributed by atoms with Crippen LogP contribution in [-0.4, -0.2) is 64.2 Å². The number of aromatic nitrogens is 3. The highest BCUT2D eigenvalue weighted by Crippen LogP contribution is 2.40. The zero-order chi connectivity index (χ0) is 44.6. The molecule has 4 heterocycles. The lowest BCUT2D eigenvalue weighted by Gasteiger charge is -2.46. The van der Waals surface area contributed by atoms with Gasteiger partial charge < -0.3 is 23.2 Å². The van der Waals surface area contributed by atoms with E-state index in [-0.39, 0.29) is 29.0 Å². The van der Waals surface area contributed by atoms with Crippen LogP contribution in [0.3, 0.4) is 0 Å². The van der Waals surface area contributed by atoms with E-state index < -0.39 is 48.9 Å². The average Bonchev–Trinajstić information content (AvgIpc) is 3.89. The van der Waals surface area contributed by atoms with E-state index in [0.29, 0.717) is 46.8 Å². The van der Waals surface area contributed by atoms with E-state index in [1.807, 2.05) is 42.5 Å². The van der Waals surface area contributed by atoms with E-state index in [1.165, 1.54) is 52.6 Å². The summed E-state index contributed by atoms with van der Waals surface area (Å²) in [5.74, 6) is -0.460. The summed E-state index contributed by atoms with van der Waals surface area (Å²) in [5.41, 5.74) is -2.81. The topological polar surface area (TPSA) is 135 Å². The Labute approximate surface area is 367 Å². The maximum Gasteiger partial charge on any atom is 0.410 e. The number of thiophene rings is 1. The molecule has 0 radical (unpaired) electrons. The molecule has 3 aromatic carbocycles. The SMILES string of the molecule is Cc1c(-c2ncco2)sc2c1c(=O)n(C(C)(C)C(=O)OC(C)(C)C)c(=O)n2C[C@H](OC(=O)N1CCC(O[Si](c2ccccc2)(c2ccccc2)C(C)(C)C)CC1)c1ccccc1. The first-order valence-electron chi connectivity index (χ1n) is 21.1. The minimum atomic E-state index is -2.82. The highest BCUT2D eigenvalue weighted by Gasteiger charge is 2.52. The number of hydrogen-bond donors (Lipinski definition) is 0. The Bertz CT molecular complexity index is 2600. The largest absolute Gasteiger partial charge is 0.458 e. The van der Waals surface area contributed by atoms with Gasteiger partial charge in [0.1, 0.15) is 28.3 Å². The normalized spacial score (nSPS) is 14.8. The van der Waals surface area contributed by atoms with Crippen molar-refractivity contribution in [2.45, 2.75) is 110 Å². The maximum absolute atomic E-state index is 14.8. The first-order chi connectivity index (χ1) is 29.3. The van der Waals surface area contributed by atoms with Gasteiger partial charge in [-0.25, -0.2) is 23.9 Å². The number of hydrogen-bond acceptors (Lipinski definition) is 10. The molecule has 0 aliphatic carbocycles. The lowest BCUT2D eigenvalue weighted by molar-refractivity contribution is -0.164. The van der Waals surface area contributed by atoms with Crippen molar-refractivity contribution in [3.05, 3.63) is 135 Å². The van der Waals surface area contributed by atoms with E-state index in [1.54, 1.807) is 32.6 Å². The van der Waals surface area contributed by atoms with Gasteiger partial charge in [0.25, 0.3) is 13.9 Å². The van der Waals surface area contributed by atoms with E-state index in [2.05, 4.69) is 74.3 Å². The number of likely N-dealkylation sites (tertiary alicyclic amines) is 1. The van der Waals surface area contributed by atoms with Crippen molar-refractivity contribution < 1.29 is 27.9 Å². The highest BCUT2D eigenvalue weighted by molar-refractivity contribution is 7.22. The number of aryl methyl sites for hydroxylation is 1. The number of ether oxygens (including phenoxy) is 2. The third-order valence-electron chi connectivity index (χ3n) is 11.5. The zero-order valence-corrected chi connectivity index (χ0v) is 38.8. The fourth-order valence-corrected chi connectivity index (χ4v) is 14.4. The lowest BCUT2D eigenvalue weighted by Crippen LogP contribution is -2.68. The molecule has 1 saturated heterocycles. The molecule has 1 aliphatic rings. The molecule has 6 aromatic rings. The second-order valence-electron chi connectivity index (χ2n) is 18.4. The number of esters is 1. The molecule has 14 heteroatoms. The summed E-state index contributed by atoms with van der Waals surface area (Å²) in [5, 5.41) is 2.43. The molecule has 0 saturated carbocycles. The average molecular weight is 877 g/mol. The van der Waals surface area contributed by atoms with Gasteiger partial charge in [-0.05, 0) is 80.9 Å². The van der Waals surface area contributed by atoms with E-state index in [0.717, 1.165) is 4.57 Å². The monoisotopic (exact) mass is 876 g/mol. The molecule has 12 nitrogen and oxygen atoms in total. The predicted molar refractivity (Wildman–Crippen MR) is 245 cm³/mol. The molecule has 0 N–H and O–H groups in total. The number of benzene rings is 3. The van der Waals surface area contributed by atoms with Crippen molar-refractivity contribution in [1.29, 1.82) is 0 Å². The summed E-state index contributed by atoms with van der Waals surface area (Å²) < 4.78 is 27.5. The van der Waals surface area contributed by atoms with E-state index >= 15 is 0 Å². The number of fused-ring (bicyclic) bond motifs is 1. The van der Waals surface area contributed by atoms with Gasteiger partial charge in [0.05, 0.1) is 23.0 Å². The Morgan fingerprint density at radius 3 is 1.94 bits per heavy atom. The molecule has 326 valence electrons. The quantitative estimate of drug-likeness (QED) is 0.0933. The molecule has 62 heavy (non-hydrogen) atoms. The van der Waals surface area contributed by atoms with Crippen molar-refractivity contribution >= 4 is 52.3 Å². The van der Waals surface area contributed by atoms with Gasteiger partial charge in [0.15, 0.2) is 0 Å². The van der Waals surface area contributed by atoms with Crippen LogP contribution in [0, 0.1) is 6.92 Å². The van der Waals surface area contributed by atoms with Crippen LogP contribution in [0.2, 0.25) is 5.04 Å². The first-order valence-corrected chi connectivity index (χ1v) is 23.8. The van der Waals surface area contributed by atoms with Gasteiger partial charge in [-0.1, -0.05) is 112 Å². The van der Waals surface area contributed by atoms with Crippen LogP contribution in [0.1, 0.15) is 85.5 Å². The standard InChI is InChI=1S/C48H56N4O8SSi/c1-32-38-41(53)52(48(8,9)43(54)59-46(2,3)4)44(55)51(42(38)61-39(32)40-49-27-30-57-40)31-37(33-19-13-10-14-20-33)58-45(56)50-28-25-34(26-29-50)60-62(47(5,6)7,35-21-15-11-16-22-35)36-23-17-12-18-24-36/h10-24,27,30,34,37H,25-26,28-29,31H2,1-9H3/t37-/m0/s1. The summed E-state index contributed by atoms with van der Waals surface area (Å²) >= 11 is 1.18. The lowest BCUT2D eigenvalue weighted by atomic mass is 10.0. The van der Waals surface area contributed by atoms with E-state index in [4.69, 9.17) is 18.3 Å². The van der Waals surface area contributed by atoms with Crippen LogP contribution >= 0.6 is 11.3 Å². The molecule has 0 spiro atoms. The van der Waals surface area contributed by atoms with Crippen molar-refractivity contribution in [1.82, 2.24) is 19.0 Å². The first kappa shape index (κ1) is 44.5. The molecule has 7 rings (SSSR count). The number of carbonyl (C=O) groups is 2. The van der Waals surface area contributed by atoms with Gasteiger partial charge >= 0.3 is 17.8 Å². The molecular weight excluding hydrogens is 821 g/mol. The molecule has 0 bridgehead atoms. The van der Waals surface area contributed by atoms with E-state index in [9.17, 15) is 19.2 Å². The number of piperidine rings is 1. The Balaban J connectivity index is 1.21. The zero-order valence-electron chi connectivity index (χ0n) is 37.0. The van der Waals surface area contributed by atoms with Crippen LogP contribution in [0.15, 0.2) is 117 Å². The van der Waals surface area contributed by atoms with Crippen LogP contribution in [0.5, 0.6) is 0 Å². The molecular formula is C48H56N4O8SSi. The molecule has 1 aliphatic heterocycles. The van der Waals surface area contributed by atoms with Crippen molar-refractivity contribution in [2.24, 2.45) is 0 Å². The number of carbonyl (C=O) groups excluding carboxylic acids is 2. The summed E-state index contributed by atoms with van der Waals surface area (Å²) in [6.45, 7) is 17.3. The second-order valence-corrected chi connectivity index (χ2v) is 23.7. The Hall–Kier alpha value is -5.57. The molecule has 1 fully saturated rings. The predicted octanol–water partition coefficient (Wildman–Crippen LogP) is 8.18. The number of amides is 1. The van der Waals surface area contributed by atoms with Gasteiger partial charge in [0, 0.05) is 19.2 Å². The molecule has 0 unspecified atom stereocenters.